The van der Waals surface area contributed by atoms with Crippen LogP contribution in [0.15, 0.2) is 12.1 Å². The highest BCUT2D eigenvalue weighted by molar-refractivity contribution is 5.78. The number of halogens is 2. The molecule has 6 heteroatoms. The zero-order valence-electron chi connectivity index (χ0n) is 10.6. The smallest absolute Gasteiger partial charge is 0.201 e. The molecule has 1 aliphatic heterocycles. The quantitative estimate of drug-likeness (QED) is 0.924. The van der Waals surface area contributed by atoms with Gasteiger partial charge in [-0.3, -0.25) is 0 Å². The molecule has 0 spiro atoms. The summed E-state index contributed by atoms with van der Waals surface area (Å²) in [5.41, 5.74) is 6.78. The number of hydrogen-bond acceptors (Lipinski definition) is 3. The molecule has 1 aromatic heterocycles. The maximum atomic E-state index is 13.3. The topological polar surface area (TPSA) is 47.1 Å². The maximum absolute atomic E-state index is 13.3. The second-order valence-electron chi connectivity index (χ2n) is 4.93. The SMILES string of the molecule is Nc1nc2cc(F)c(F)cc2n1CCN1CCCC1. The summed E-state index contributed by atoms with van der Waals surface area (Å²) in [5, 5.41) is 0. The van der Waals surface area contributed by atoms with Crippen LogP contribution in [0.3, 0.4) is 0 Å². The van der Waals surface area contributed by atoms with Crippen molar-refractivity contribution in [3.05, 3.63) is 23.8 Å². The van der Waals surface area contributed by atoms with Crippen LogP contribution >= 0.6 is 0 Å². The molecule has 0 bridgehead atoms. The van der Waals surface area contributed by atoms with Crippen LogP contribution in [0.4, 0.5) is 14.7 Å². The molecule has 1 aromatic carbocycles. The number of rotatable bonds is 3. The Morgan fingerprint density at radius 3 is 2.53 bits per heavy atom. The van der Waals surface area contributed by atoms with Gasteiger partial charge in [0.25, 0.3) is 0 Å². The van der Waals surface area contributed by atoms with Gasteiger partial charge in [-0.2, -0.15) is 0 Å². The Morgan fingerprint density at radius 1 is 1.11 bits per heavy atom. The van der Waals surface area contributed by atoms with Gasteiger partial charge in [-0.15, -0.1) is 0 Å². The van der Waals surface area contributed by atoms with E-state index in [4.69, 9.17) is 5.73 Å². The zero-order valence-corrected chi connectivity index (χ0v) is 10.6. The fraction of sp³-hybridized carbons (Fsp3) is 0.462. The van der Waals surface area contributed by atoms with Crippen LogP contribution in [-0.4, -0.2) is 34.1 Å². The third kappa shape index (κ3) is 2.28. The molecule has 2 N–H and O–H groups in total. The first-order chi connectivity index (χ1) is 9.15. The van der Waals surface area contributed by atoms with Gasteiger partial charge in [-0.1, -0.05) is 0 Å². The second kappa shape index (κ2) is 4.77. The van der Waals surface area contributed by atoms with Crippen molar-refractivity contribution in [3.63, 3.8) is 0 Å². The Morgan fingerprint density at radius 2 is 1.79 bits per heavy atom. The van der Waals surface area contributed by atoms with Crippen molar-refractivity contribution in [3.8, 4) is 0 Å². The number of benzene rings is 1. The van der Waals surface area contributed by atoms with E-state index in [-0.39, 0.29) is 0 Å². The molecule has 2 aromatic rings. The number of aromatic nitrogens is 2. The third-order valence-corrected chi connectivity index (χ3v) is 3.66. The molecule has 1 saturated heterocycles. The summed E-state index contributed by atoms with van der Waals surface area (Å²) in [6.07, 6.45) is 2.44. The minimum Gasteiger partial charge on any atom is -0.369 e. The lowest BCUT2D eigenvalue weighted by molar-refractivity contribution is 0.325. The normalized spacial score (nSPS) is 16.5. The molecule has 19 heavy (non-hydrogen) atoms. The predicted octanol–water partition coefficient (Wildman–Crippen LogP) is 1.99. The fourth-order valence-corrected chi connectivity index (χ4v) is 2.62. The van der Waals surface area contributed by atoms with Crippen molar-refractivity contribution < 1.29 is 8.78 Å². The highest BCUT2D eigenvalue weighted by Gasteiger charge is 2.15. The molecule has 1 aliphatic rings. The molecule has 0 aliphatic carbocycles. The van der Waals surface area contributed by atoms with Crippen molar-refractivity contribution in [2.24, 2.45) is 0 Å². The predicted molar refractivity (Wildman–Crippen MR) is 69.7 cm³/mol. The van der Waals surface area contributed by atoms with Crippen LogP contribution in [0.5, 0.6) is 0 Å². The summed E-state index contributed by atoms with van der Waals surface area (Å²) in [5.74, 6) is -1.45. The van der Waals surface area contributed by atoms with E-state index in [0.29, 0.717) is 23.5 Å². The Labute approximate surface area is 109 Å². The van der Waals surface area contributed by atoms with Gasteiger partial charge in [0, 0.05) is 25.2 Å². The van der Waals surface area contributed by atoms with E-state index in [0.717, 1.165) is 31.8 Å². The van der Waals surface area contributed by atoms with Crippen LogP contribution in [0, 0.1) is 11.6 Å². The summed E-state index contributed by atoms with van der Waals surface area (Å²) < 4.78 is 28.2. The van der Waals surface area contributed by atoms with Gasteiger partial charge in [0.05, 0.1) is 11.0 Å². The number of nitrogens with zero attached hydrogens (tertiary/aromatic N) is 3. The molecule has 4 nitrogen and oxygen atoms in total. The average molecular weight is 266 g/mol. The molecule has 102 valence electrons. The first-order valence-electron chi connectivity index (χ1n) is 6.48. The molecule has 1 fully saturated rings. The summed E-state index contributed by atoms with van der Waals surface area (Å²) >= 11 is 0. The van der Waals surface area contributed by atoms with E-state index in [1.165, 1.54) is 12.8 Å². The van der Waals surface area contributed by atoms with Gasteiger partial charge in [-0.25, -0.2) is 13.8 Å². The van der Waals surface area contributed by atoms with Crippen molar-refractivity contribution >= 4 is 17.0 Å². The first kappa shape index (κ1) is 12.3. The number of fused-ring (bicyclic) bond motifs is 1. The molecular formula is C13H16F2N4. The first-order valence-corrected chi connectivity index (χ1v) is 6.48. The standard InChI is InChI=1S/C13H16F2N4/c14-9-7-11-12(8-10(9)15)19(13(16)17-11)6-5-18-3-1-2-4-18/h7-8H,1-6H2,(H2,16,17). The van der Waals surface area contributed by atoms with Gasteiger partial charge in [0.15, 0.2) is 11.6 Å². The zero-order chi connectivity index (χ0) is 13.4. The van der Waals surface area contributed by atoms with Gasteiger partial charge in [0.2, 0.25) is 5.95 Å². The number of nitrogens with two attached hydrogens (primary N) is 1. The van der Waals surface area contributed by atoms with E-state index < -0.39 is 11.6 Å². The van der Waals surface area contributed by atoms with Crippen LogP contribution in [0.2, 0.25) is 0 Å². The van der Waals surface area contributed by atoms with Crippen molar-refractivity contribution in [2.75, 3.05) is 25.4 Å². The van der Waals surface area contributed by atoms with Gasteiger partial charge >= 0.3 is 0 Å². The van der Waals surface area contributed by atoms with Crippen LogP contribution in [-0.2, 0) is 6.54 Å². The van der Waals surface area contributed by atoms with E-state index in [2.05, 4.69) is 9.88 Å². The minimum atomic E-state index is -0.892. The van der Waals surface area contributed by atoms with Crippen molar-refractivity contribution in [1.82, 2.24) is 14.5 Å². The summed E-state index contributed by atoms with van der Waals surface area (Å²) in [7, 11) is 0. The van der Waals surface area contributed by atoms with E-state index >= 15 is 0 Å². The summed E-state index contributed by atoms with van der Waals surface area (Å²) in [6, 6.07) is 2.26. The molecule has 0 unspecified atom stereocenters. The summed E-state index contributed by atoms with van der Waals surface area (Å²) in [4.78, 5) is 6.41. The monoisotopic (exact) mass is 266 g/mol. The van der Waals surface area contributed by atoms with Crippen molar-refractivity contribution in [2.45, 2.75) is 19.4 Å². The molecule has 0 radical (unpaired) electrons. The molecule has 0 saturated carbocycles. The number of imidazole rings is 1. The van der Waals surface area contributed by atoms with E-state index in [9.17, 15) is 8.78 Å². The molecular weight excluding hydrogens is 250 g/mol. The molecule has 0 atom stereocenters. The molecule has 2 heterocycles. The highest BCUT2D eigenvalue weighted by Crippen LogP contribution is 2.21. The average Bonchev–Trinajstić information content (AvgIpc) is 2.96. The highest BCUT2D eigenvalue weighted by atomic mass is 19.2. The van der Waals surface area contributed by atoms with Crippen LogP contribution in [0.1, 0.15) is 12.8 Å². The Bertz CT molecular complexity index is 602. The number of nitrogen functional groups attached to an aromatic ring is 1. The summed E-state index contributed by atoms with van der Waals surface area (Å²) in [6.45, 7) is 3.69. The lowest BCUT2D eigenvalue weighted by Gasteiger charge is -2.15. The van der Waals surface area contributed by atoms with Crippen molar-refractivity contribution in [1.29, 1.82) is 0 Å². The van der Waals surface area contributed by atoms with Crippen LogP contribution < -0.4 is 5.73 Å². The van der Waals surface area contributed by atoms with E-state index in [1.54, 1.807) is 4.57 Å². The largest absolute Gasteiger partial charge is 0.369 e. The minimum absolute atomic E-state index is 0.305. The number of anilines is 1. The second-order valence-corrected chi connectivity index (χ2v) is 4.93. The molecule has 0 amide bonds. The number of hydrogen-bond donors (Lipinski definition) is 1. The van der Waals surface area contributed by atoms with Crippen LogP contribution in [0.25, 0.3) is 11.0 Å². The lowest BCUT2D eigenvalue weighted by Crippen LogP contribution is -2.24. The lowest BCUT2D eigenvalue weighted by atomic mass is 10.3. The molecule has 3 rings (SSSR count). The van der Waals surface area contributed by atoms with Gasteiger partial charge in [0.1, 0.15) is 0 Å². The Kier molecular flexibility index (Phi) is 3.10. The Hall–Kier alpha value is -1.69. The van der Waals surface area contributed by atoms with Gasteiger partial charge in [-0.05, 0) is 25.9 Å². The fourth-order valence-electron chi connectivity index (χ4n) is 2.62. The third-order valence-electron chi connectivity index (χ3n) is 3.66. The van der Waals surface area contributed by atoms with E-state index in [1.807, 2.05) is 0 Å². The number of likely N-dealkylation sites (tertiary alicyclic amines) is 1. The van der Waals surface area contributed by atoms with Gasteiger partial charge < -0.3 is 15.2 Å². The maximum Gasteiger partial charge on any atom is 0.201 e. The Balaban J connectivity index is 1.89.